The highest BCUT2D eigenvalue weighted by Gasteiger charge is 2.08. The summed E-state index contributed by atoms with van der Waals surface area (Å²) in [5.41, 5.74) is 0.632. The average molecular weight is 379 g/mol. The predicted molar refractivity (Wildman–Crippen MR) is 98.4 cm³/mol. The van der Waals surface area contributed by atoms with Crippen LogP contribution in [0.4, 0.5) is 17.3 Å². The van der Waals surface area contributed by atoms with E-state index in [-0.39, 0.29) is 5.91 Å². The Hall–Kier alpha value is -2.15. The van der Waals surface area contributed by atoms with E-state index in [0.717, 1.165) is 4.88 Å². The number of carbonyl (C=O) groups is 1. The second kappa shape index (κ2) is 7.61. The lowest BCUT2D eigenvalue weighted by atomic mass is 10.3. The molecule has 1 amide bonds. The van der Waals surface area contributed by atoms with Gasteiger partial charge in [-0.25, -0.2) is 0 Å². The van der Waals surface area contributed by atoms with Crippen LogP contribution in [0, 0.1) is 0 Å². The van der Waals surface area contributed by atoms with E-state index in [1.165, 1.54) is 11.3 Å². The molecule has 0 aliphatic carbocycles. The number of benzene rings is 1. The van der Waals surface area contributed by atoms with E-state index in [1.807, 2.05) is 17.5 Å². The minimum atomic E-state index is -0.134. The van der Waals surface area contributed by atoms with Gasteiger partial charge in [0.25, 0.3) is 0 Å². The maximum absolute atomic E-state index is 11.9. The molecule has 1 aromatic carbocycles. The number of halogens is 2. The first-order valence-corrected chi connectivity index (χ1v) is 8.62. The Kier molecular flexibility index (Phi) is 5.30. The first-order valence-electron chi connectivity index (χ1n) is 6.99. The SMILES string of the molecule is O=C(Cc1cccs1)Nc1ccc(Nc2cccc(Cl)c2Cl)nn1. The van der Waals surface area contributed by atoms with Crippen molar-refractivity contribution >= 4 is 57.8 Å². The van der Waals surface area contributed by atoms with Gasteiger partial charge in [0.05, 0.1) is 22.2 Å². The topological polar surface area (TPSA) is 66.9 Å². The fourth-order valence-electron chi connectivity index (χ4n) is 1.96. The molecule has 122 valence electrons. The molecule has 2 heterocycles. The van der Waals surface area contributed by atoms with E-state index in [2.05, 4.69) is 20.8 Å². The van der Waals surface area contributed by atoms with Crippen LogP contribution in [0.3, 0.4) is 0 Å². The third kappa shape index (κ3) is 4.23. The predicted octanol–water partition coefficient (Wildman–Crippen LogP) is 4.77. The van der Waals surface area contributed by atoms with E-state index < -0.39 is 0 Å². The van der Waals surface area contributed by atoms with Crippen molar-refractivity contribution in [2.75, 3.05) is 10.6 Å². The van der Waals surface area contributed by atoms with Crippen molar-refractivity contribution < 1.29 is 4.79 Å². The molecule has 0 spiro atoms. The summed E-state index contributed by atoms with van der Waals surface area (Å²) in [4.78, 5) is 12.9. The summed E-state index contributed by atoms with van der Waals surface area (Å²) >= 11 is 13.6. The third-order valence-corrected chi connectivity index (χ3v) is 4.76. The van der Waals surface area contributed by atoms with Crippen molar-refractivity contribution in [1.29, 1.82) is 0 Å². The minimum absolute atomic E-state index is 0.134. The first-order chi connectivity index (χ1) is 11.6. The second-order valence-electron chi connectivity index (χ2n) is 4.83. The maximum Gasteiger partial charge on any atom is 0.230 e. The van der Waals surface area contributed by atoms with Gasteiger partial charge in [0.15, 0.2) is 11.6 Å². The number of rotatable bonds is 5. The van der Waals surface area contributed by atoms with Crippen molar-refractivity contribution in [3.63, 3.8) is 0 Å². The van der Waals surface area contributed by atoms with Crippen LogP contribution in [0.15, 0.2) is 47.8 Å². The summed E-state index contributed by atoms with van der Waals surface area (Å²) in [5, 5.41) is 16.5. The second-order valence-corrected chi connectivity index (χ2v) is 6.65. The summed E-state index contributed by atoms with van der Waals surface area (Å²) < 4.78 is 0. The van der Waals surface area contributed by atoms with E-state index in [1.54, 1.807) is 30.3 Å². The van der Waals surface area contributed by atoms with Gasteiger partial charge in [0, 0.05) is 4.88 Å². The Labute approximate surface area is 152 Å². The molecule has 0 aliphatic heterocycles. The molecular formula is C16H12Cl2N4OS. The minimum Gasteiger partial charge on any atom is -0.337 e. The molecule has 5 nitrogen and oxygen atoms in total. The molecule has 0 fully saturated rings. The number of hydrogen-bond acceptors (Lipinski definition) is 5. The van der Waals surface area contributed by atoms with Crippen molar-refractivity contribution in [1.82, 2.24) is 10.2 Å². The Bertz CT molecular complexity index is 838. The molecule has 24 heavy (non-hydrogen) atoms. The summed E-state index contributed by atoms with van der Waals surface area (Å²) in [6.07, 6.45) is 0.317. The van der Waals surface area contributed by atoms with Gasteiger partial charge in [0.1, 0.15) is 0 Å². The fraction of sp³-hybridized carbons (Fsp3) is 0.0625. The van der Waals surface area contributed by atoms with E-state index in [9.17, 15) is 4.79 Å². The van der Waals surface area contributed by atoms with Crippen LogP contribution in [-0.2, 0) is 11.2 Å². The molecule has 0 saturated heterocycles. The number of carbonyl (C=O) groups excluding carboxylic acids is 1. The monoisotopic (exact) mass is 378 g/mol. The number of anilines is 3. The van der Waals surface area contributed by atoms with Crippen molar-refractivity contribution in [2.45, 2.75) is 6.42 Å². The highest BCUT2D eigenvalue weighted by Crippen LogP contribution is 2.31. The lowest BCUT2D eigenvalue weighted by molar-refractivity contribution is -0.115. The van der Waals surface area contributed by atoms with Gasteiger partial charge in [-0.05, 0) is 35.7 Å². The molecule has 0 unspecified atom stereocenters. The molecule has 0 bridgehead atoms. The summed E-state index contributed by atoms with van der Waals surface area (Å²) in [7, 11) is 0. The molecule has 2 aromatic heterocycles. The normalized spacial score (nSPS) is 10.4. The van der Waals surface area contributed by atoms with Gasteiger partial charge in [0.2, 0.25) is 5.91 Å². The number of aromatic nitrogens is 2. The zero-order chi connectivity index (χ0) is 16.9. The van der Waals surface area contributed by atoms with E-state index in [4.69, 9.17) is 23.2 Å². The van der Waals surface area contributed by atoms with Crippen LogP contribution < -0.4 is 10.6 Å². The molecule has 0 saturated carbocycles. The highest BCUT2D eigenvalue weighted by atomic mass is 35.5. The van der Waals surface area contributed by atoms with Crippen LogP contribution in [0.5, 0.6) is 0 Å². The molecule has 8 heteroatoms. The lowest BCUT2D eigenvalue weighted by Crippen LogP contribution is -2.15. The van der Waals surface area contributed by atoms with E-state index >= 15 is 0 Å². The van der Waals surface area contributed by atoms with Crippen LogP contribution in [0.1, 0.15) is 4.88 Å². The maximum atomic E-state index is 11.9. The van der Waals surface area contributed by atoms with Gasteiger partial charge < -0.3 is 10.6 Å². The highest BCUT2D eigenvalue weighted by molar-refractivity contribution is 7.10. The van der Waals surface area contributed by atoms with Gasteiger partial charge in [-0.2, -0.15) is 0 Å². The molecule has 0 aliphatic rings. The number of nitrogens with zero attached hydrogens (tertiary/aromatic N) is 2. The Morgan fingerprint density at radius 3 is 2.54 bits per heavy atom. The molecule has 0 radical (unpaired) electrons. The van der Waals surface area contributed by atoms with Gasteiger partial charge in [-0.1, -0.05) is 35.3 Å². The van der Waals surface area contributed by atoms with Gasteiger partial charge in [-0.3, -0.25) is 4.79 Å². The van der Waals surface area contributed by atoms with E-state index in [0.29, 0.717) is 33.8 Å². The Morgan fingerprint density at radius 1 is 1.04 bits per heavy atom. The third-order valence-electron chi connectivity index (χ3n) is 3.06. The first kappa shape index (κ1) is 16.7. The van der Waals surface area contributed by atoms with Crippen LogP contribution in [-0.4, -0.2) is 16.1 Å². The number of nitrogens with one attached hydrogen (secondary N) is 2. The molecule has 3 aromatic rings. The Morgan fingerprint density at radius 2 is 1.83 bits per heavy atom. The zero-order valence-corrected chi connectivity index (χ0v) is 14.6. The average Bonchev–Trinajstić information content (AvgIpc) is 3.06. The largest absolute Gasteiger partial charge is 0.337 e. The molecule has 0 atom stereocenters. The number of amides is 1. The summed E-state index contributed by atoms with van der Waals surface area (Å²) in [5.74, 6) is 0.750. The zero-order valence-electron chi connectivity index (χ0n) is 12.3. The smallest absolute Gasteiger partial charge is 0.230 e. The van der Waals surface area contributed by atoms with Crippen LogP contribution in [0.2, 0.25) is 10.0 Å². The van der Waals surface area contributed by atoms with Crippen molar-refractivity contribution in [2.24, 2.45) is 0 Å². The summed E-state index contributed by atoms with van der Waals surface area (Å²) in [6.45, 7) is 0. The fourth-order valence-corrected chi connectivity index (χ4v) is 3.01. The van der Waals surface area contributed by atoms with Crippen LogP contribution in [0.25, 0.3) is 0 Å². The molecular weight excluding hydrogens is 367 g/mol. The number of hydrogen-bond donors (Lipinski definition) is 2. The molecule has 2 N–H and O–H groups in total. The van der Waals surface area contributed by atoms with Crippen molar-refractivity contribution in [3.8, 4) is 0 Å². The van der Waals surface area contributed by atoms with Crippen molar-refractivity contribution in [3.05, 3.63) is 62.8 Å². The molecule has 3 rings (SSSR count). The summed E-state index contributed by atoms with van der Waals surface area (Å²) in [6, 6.07) is 12.5. The quantitative estimate of drug-likeness (QED) is 0.670. The van der Waals surface area contributed by atoms with Gasteiger partial charge >= 0.3 is 0 Å². The van der Waals surface area contributed by atoms with Crippen LogP contribution >= 0.6 is 34.5 Å². The lowest BCUT2D eigenvalue weighted by Gasteiger charge is -2.08. The standard InChI is InChI=1S/C16H12Cl2N4OS/c17-11-4-1-5-12(16(11)18)19-13-6-7-14(22-21-13)20-15(23)9-10-3-2-8-24-10/h1-8H,9H2,(H,19,21)(H,20,22,23). The number of thiophene rings is 1. The Balaban J connectivity index is 1.63. The van der Waals surface area contributed by atoms with Gasteiger partial charge in [-0.15, -0.1) is 21.5 Å².